The summed E-state index contributed by atoms with van der Waals surface area (Å²) >= 11 is 7.17. The molecule has 0 aliphatic rings. The maximum Gasteiger partial charge on any atom is 0.251 e. The molecule has 0 spiro atoms. The number of aliphatic hydroxyl groups is 1. The lowest BCUT2D eigenvalue weighted by molar-refractivity contribution is -0.113. The van der Waals surface area contributed by atoms with Crippen LogP contribution in [0, 0.1) is 0 Å². The van der Waals surface area contributed by atoms with Crippen LogP contribution >= 0.6 is 23.4 Å². The zero-order chi connectivity index (χ0) is 26.1. The summed E-state index contributed by atoms with van der Waals surface area (Å²) in [6.07, 6.45) is 1.63. The lowest BCUT2D eigenvalue weighted by atomic mass is 10.2. The quantitative estimate of drug-likeness (QED) is 0.240. The number of hydrogen-bond acceptors (Lipinski definition) is 8. The number of halogens is 1. The van der Waals surface area contributed by atoms with Gasteiger partial charge in [0.25, 0.3) is 5.91 Å². The summed E-state index contributed by atoms with van der Waals surface area (Å²) in [7, 11) is 3.04. The van der Waals surface area contributed by atoms with Crippen molar-refractivity contribution in [1.29, 1.82) is 0 Å². The third-order valence-corrected chi connectivity index (χ3v) is 6.18. The van der Waals surface area contributed by atoms with Crippen LogP contribution < -0.4 is 20.1 Å². The van der Waals surface area contributed by atoms with Crippen LogP contribution in [0.4, 0.5) is 5.69 Å². The van der Waals surface area contributed by atoms with Crippen molar-refractivity contribution >= 4 is 40.9 Å². The Morgan fingerprint density at radius 1 is 1.19 bits per heavy atom. The number of nitrogens with one attached hydrogen (secondary N) is 2. The monoisotopic (exact) mass is 531 g/mol. The first kappa shape index (κ1) is 27.1. The second-order valence-electron chi connectivity index (χ2n) is 7.36. The fourth-order valence-corrected chi connectivity index (χ4v) is 4.16. The number of carbonyl (C=O) groups is 2. The Labute approximate surface area is 217 Å². The van der Waals surface area contributed by atoms with Crippen molar-refractivity contribution < 1.29 is 24.2 Å². The zero-order valence-corrected chi connectivity index (χ0v) is 21.3. The molecule has 0 bridgehead atoms. The van der Waals surface area contributed by atoms with E-state index in [2.05, 4.69) is 27.4 Å². The molecule has 36 heavy (non-hydrogen) atoms. The number of amides is 2. The minimum absolute atomic E-state index is 0.0208. The number of ether oxygens (including phenoxy) is 2. The Morgan fingerprint density at radius 3 is 2.58 bits per heavy atom. The normalized spacial score (nSPS) is 11.4. The highest BCUT2D eigenvalue weighted by Crippen LogP contribution is 2.28. The molecule has 190 valence electrons. The molecular formula is C24H26ClN5O5S. The second kappa shape index (κ2) is 13.0. The second-order valence-corrected chi connectivity index (χ2v) is 8.74. The van der Waals surface area contributed by atoms with Gasteiger partial charge in [0.15, 0.2) is 11.0 Å². The molecule has 2 aromatic carbocycles. The largest absolute Gasteiger partial charge is 0.497 e. The molecule has 1 heterocycles. The molecule has 3 rings (SSSR count). The third kappa shape index (κ3) is 6.78. The minimum Gasteiger partial charge on any atom is -0.497 e. The molecule has 0 radical (unpaired) electrons. The summed E-state index contributed by atoms with van der Waals surface area (Å²) in [5.41, 5.74) is 0.845. The molecule has 1 atom stereocenters. The molecule has 3 N–H and O–H groups in total. The van der Waals surface area contributed by atoms with Crippen LogP contribution in [0.5, 0.6) is 11.5 Å². The molecule has 1 unspecified atom stereocenters. The molecule has 0 fully saturated rings. The summed E-state index contributed by atoms with van der Waals surface area (Å²) in [6.45, 7) is 3.66. The number of nitrogens with zero attached hydrogens (tertiary/aromatic N) is 3. The van der Waals surface area contributed by atoms with Gasteiger partial charge in [-0.3, -0.25) is 9.59 Å². The van der Waals surface area contributed by atoms with Gasteiger partial charge < -0.3 is 29.8 Å². The van der Waals surface area contributed by atoms with Gasteiger partial charge >= 0.3 is 0 Å². The fraction of sp³-hybridized carbons (Fsp3) is 0.250. The molecule has 0 saturated heterocycles. The van der Waals surface area contributed by atoms with E-state index in [4.69, 9.17) is 21.1 Å². The lowest BCUT2D eigenvalue weighted by Crippen LogP contribution is -2.33. The highest BCUT2D eigenvalue weighted by Gasteiger charge is 2.23. The van der Waals surface area contributed by atoms with Crippen molar-refractivity contribution in [2.45, 2.75) is 17.7 Å². The van der Waals surface area contributed by atoms with Crippen molar-refractivity contribution in [3.8, 4) is 11.5 Å². The van der Waals surface area contributed by atoms with Crippen LogP contribution in [-0.2, 0) is 11.3 Å². The van der Waals surface area contributed by atoms with E-state index in [-0.39, 0.29) is 11.7 Å². The average molecular weight is 532 g/mol. The van der Waals surface area contributed by atoms with Crippen molar-refractivity contribution in [2.75, 3.05) is 31.9 Å². The molecule has 0 aliphatic heterocycles. The smallest absolute Gasteiger partial charge is 0.251 e. The topological polar surface area (TPSA) is 128 Å². The van der Waals surface area contributed by atoms with Crippen LogP contribution in [0.25, 0.3) is 0 Å². The SMILES string of the molecule is C=CCn1c(SCC(=O)Nc2cc(Cl)ccc2OC)nnc1C(CO)NC(=O)c1ccc(OC)cc1. The van der Waals surface area contributed by atoms with Gasteiger partial charge in [0, 0.05) is 17.1 Å². The highest BCUT2D eigenvalue weighted by atomic mass is 35.5. The maximum atomic E-state index is 12.7. The Balaban J connectivity index is 1.71. The number of methoxy groups -OCH3 is 2. The molecule has 10 nitrogen and oxygen atoms in total. The number of rotatable bonds is 12. The van der Waals surface area contributed by atoms with Gasteiger partial charge in [-0.1, -0.05) is 29.4 Å². The molecule has 12 heteroatoms. The number of hydrogen-bond donors (Lipinski definition) is 3. The van der Waals surface area contributed by atoms with Crippen molar-refractivity contribution in [2.24, 2.45) is 0 Å². The van der Waals surface area contributed by atoms with Gasteiger partial charge in [0.05, 0.1) is 32.3 Å². The summed E-state index contributed by atoms with van der Waals surface area (Å²) in [4.78, 5) is 25.3. The van der Waals surface area contributed by atoms with Crippen LogP contribution in [0.15, 0.2) is 60.3 Å². The summed E-state index contributed by atoms with van der Waals surface area (Å²) in [5, 5.41) is 24.7. The number of anilines is 1. The summed E-state index contributed by atoms with van der Waals surface area (Å²) in [5.74, 6) is 0.755. The first-order valence-electron chi connectivity index (χ1n) is 10.8. The van der Waals surface area contributed by atoms with E-state index in [1.54, 1.807) is 53.1 Å². The molecule has 0 aliphatic carbocycles. The van der Waals surface area contributed by atoms with Crippen molar-refractivity contribution in [3.05, 3.63) is 71.5 Å². The predicted octanol–water partition coefficient (Wildman–Crippen LogP) is 3.33. The van der Waals surface area contributed by atoms with Gasteiger partial charge in [-0.05, 0) is 42.5 Å². The molecule has 0 saturated carbocycles. The minimum atomic E-state index is -0.828. The van der Waals surface area contributed by atoms with Crippen LogP contribution in [0.3, 0.4) is 0 Å². The van der Waals surface area contributed by atoms with E-state index in [1.165, 1.54) is 14.2 Å². The molecule has 1 aromatic heterocycles. The van der Waals surface area contributed by atoms with Crippen molar-refractivity contribution in [3.63, 3.8) is 0 Å². The summed E-state index contributed by atoms with van der Waals surface area (Å²) in [6, 6.07) is 10.7. The Morgan fingerprint density at radius 2 is 1.94 bits per heavy atom. The number of aromatic nitrogens is 3. The first-order chi connectivity index (χ1) is 17.4. The molecule has 2 amide bonds. The maximum absolute atomic E-state index is 12.7. The number of aliphatic hydroxyl groups excluding tert-OH is 1. The third-order valence-electron chi connectivity index (χ3n) is 4.98. The van der Waals surface area contributed by atoms with Gasteiger partial charge in [-0.2, -0.15) is 0 Å². The van der Waals surface area contributed by atoms with Crippen LogP contribution in [0.2, 0.25) is 5.02 Å². The zero-order valence-electron chi connectivity index (χ0n) is 19.7. The number of thioether (sulfide) groups is 1. The van der Waals surface area contributed by atoms with Gasteiger partial charge in [-0.15, -0.1) is 16.8 Å². The standard InChI is InChI=1S/C24H26ClN5O5S/c1-4-11-30-22(19(13-31)27-23(33)15-5-8-17(34-2)9-6-15)28-29-24(30)36-14-21(32)26-18-12-16(25)7-10-20(18)35-3/h4-10,12,19,31H,1,11,13-14H2,2-3H3,(H,26,32)(H,27,33). The molecule has 3 aromatic rings. The van der Waals surface area contributed by atoms with Crippen LogP contribution in [0.1, 0.15) is 22.2 Å². The van der Waals surface area contributed by atoms with Crippen LogP contribution in [-0.4, -0.2) is 58.3 Å². The average Bonchev–Trinajstić information content (AvgIpc) is 3.28. The van der Waals surface area contributed by atoms with Crippen molar-refractivity contribution in [1.82, 2.24) is 20.1 Å². The van der Waals surface area contributed by atoms with Gasteiger partial charge in [0.2, 0.25) is 5.91 Å². The Hall–Kier alpha value is -3.54. The number of allylic oxidation sites excluding steroid dienone is 1. The highest BCUT2D eigenvalue weighted by molar-refractivity contribution is 7.99. The Bertz CT molecular complexity index is 1220. The summed E-state index contributed by atoms with van der Waals surface area (Å²) < 4.78 is 12.0. The molecular weight excluding hydrogens is 506 g/mol. The van der Waals surface area contributed by atoms with Gasteiger partial charge in [0.1, 0.15) is 17.5 Å². The number of carbonyl (C=O) groups excluding carboxylic acids is 2. The first-order valence-corrected chi connectivity index (χ1v) is 12.1. The Kier molecular flexibility index (Phi) is 9.74. The van der Waals surface area contributed by atoms with E-state index in [9.17, 15) is 14.7 Å². The lowest BCUT2D eigenvalue weighted by Gasteiger charge is -2.17. The van der Waals surface area contributed by atoms with E-state index < -0.39 is 18.6 Å². The van der Waals surface area contributed by atoms with E-state index in [0.29, 0.717) is 45.3 Å². The van der Waals surface area contributed by atoms with Gasteiger partial charge in [-0.25, -0.2) is 0 Å². The van der Waals surface area contributed by atoms with E-state index >= 15 is 0 Å². The number of benzene rings is 2. The van der Waals surface area contributed by atoms with E-state index in [1.807, 2.05) is 0 Å². The van der Waals surface area contributed by atoms with E-state index in [0.717, 1.165) is 11.8 Å². The predicted molar refractivity (Wildman–Crippen MR) is 138 cm³/mol. The fourth-order valence-electron chi connectivity index (χ4n) is 3.24.